The van der Waals surface area contributed by atoms with Crippen molar-refractivity contribution in [3.8, 4) is 0 Å². The van der Waals surface area contributed by atoms with Crippen LogP contribution in [0.2, 0.25) is 0 Å². The summed E-state index contributed by atoms with van der Waals surface area (Å²) in [4.78, 5) is 0. The monoisotopic (exact) mass is 142 g/mol. The van der Waals surface area contributed by atoms with Crippen LogP contribution < -0.4 is 0 Å². The van der Waals surface area contributed by atoms with E-state index < -0.39 is 0 Å². The lowest BCUT2D eigenvalue weighted by Gasteiger charge is -2.07. The van der Waals surface area contributed by atoms with Crippen molar-refractivity contribution in [3.05, 3.63) is 0 Å². The molecule has 1 saturated carbocycles. The van der Waals surface area contributed by atoms with Crippen molar-refractivity contribution in [3.63, 3.8) is 0 Å². The largest absolute Gasteiger partial charge is 0.396 e. The summed E-state index contributed by atoms with van der Waals surface area (Å²) in [6, 6.07) is 0. The molecule has 2 aliphatic rings. The van der Waals surface area contributed by atoms with Gasteiger partial charge in [-0.05, 0) is 30.6 Å². The van der Waals surface area contributed by atoms with Crippen molar-refractivity contribution in [2.24, 2.45) is 17.8 Å². The van der Waals surface area contributed by atoms with Crippen LogP contribution in [0.1, 0.15) is 12.8 Å². The SMILES string of the molecule is OCCC1C2CCOCC12. The number of ether oxygens (including phenoxy) is 1. The third-order valence-electron chi connectivity index (χ3n) is 2.88. The second kappa shape index (κ2) is 2.51. The average Bonchev–Trinajstić information content (AvgIpc) is 2.66. The van der Waals surface area contributed by atoms with Gasteiger partial charge in [0.1, 0.15) is 0 Å². The van der Waals surface area contributed by atoms with E-state index in [0.29, 0.717) is 6.61 Å². The molecule has 3 atom stereocenters. The van der Waals surface area contributed by atoms with E-state index in [1.54, 1.807) is 0 Å². The van der Waals surface area contributed by atoms with E-state index in [1.807, 2.05) is 0 Å². The van der Waals surface area contributed by atoms with Gasteiger partial charge < -0.3 is 9.84 Å². The van der Waals surface area contributed by atoms with Crippen LogP contribution in [0.5, 0.6) is 0 Å². The van der Waals surface area contributed by atoms with Crippen LogP contribution in [0.4, 0.5) is 0 Å². The average molecular weight is 142 g/mol. The topological polar surface area (TPSA) is 29.5 Å². The van der Waals surface area contributed by atoms with Gasteiger partial charge in [0.15, 0.2) is 0 Å². The highest BCUT2D eigenvalue weighted by atomic mass is 16.5. The van der Waals surface area contributed by atoms with E-state index >= 15 is 0 Å². The minimum Gasteiger partial charge on any atom is -0.396 e. The maximum atomic E-state index is 8.68. The molecule has 1 aliphatic heterocycles. The van der Waals surface area contributed by atoms with Crippen LogP contribution in [0.25, 0.3) is 0 Å². The van der Waals surface area contributed by atoms with Crippen molar-refractivity contribution >= 4 is 0 Å². The summed E-state index contributed by atoms with van der Waals surface area (Å²) in [6.45, 7) is 2.26. The number of aliphatic hydroxyl groups is 1. The first-order chi connectivity index (χ1) is 4.93. The second-order valence-electron chi connectivity index (χ2n) is 3.37. The molecular formula is C8H14O2. The minimum atomic E-state index is 0.359. The quantitative estimate of drug-likeness (QED) is 0.613. The molecule has 0 aromatic carbocycles. The fourth-order valence-electron chi connectivity index (χ4n) is 2.22. The highest BCUT2D eigenvalue weighted by molar-refractivity contribution is 4.97. The van der Waals surface area contributed by atoms with Crippen LogP contribution in [0.3, 0.4) is 0 Å². The maximum Gasteiger partial charge on any atom is 0.0499 e. The van der Waals surface area contributed by atoms with Gasteiger partial charge in [0.2, 0.25) is 0 Å². The van der Waals surface area contributed by atoms with Gasteiger partial charge in [-0.15, -0.1) is 0 Å². The number of fused-ring (bicyclic) bond motifs is 1. The third kappa shape index (κ3) is 0.956. The van der Waals surface area contributed by atoms with Crippen molar-refractivity contribution in [1.82, 2.24) is 0 Å². The van der Waals surface area contributed by atoms with Crippen molar-refractivity contribution < 1.29 is 9.84 Å². The van der Waals surface area contributed by atoms with Gasteiger partial charge in [-0.2, -0.15) is 0 Å². The minimum absolute atomic E-state index is 0.359. The molecule has 3 unspecified atom stereocenters. The maximum absolute atomic E-state index is 8.68. The predicted octanol–water partition coefficient (Wildman–Crippen LogP) is 0.651. The molecule has 0 spiro atoms. The van der Waals surface area contributed by atoms with Gasteiger partial charge in [0.25, 0.3) is 0 Å². The lowest BCUT2D eigenvalue weighted by atomic mass is 10.2. The standard InChI is InChI=1S/C8H14O2/c9-3-1-6-7-2-4-10-5-8(6)7/h6-9H,1-5H2. The Balaban J connectivity index is 1.82. The fourth-order valence-corrected chi connectivity index (χ4v) is 2.22. The summed E-state index contributed by atoms with van der Waals surface area (Å²) in [7, 11) is 0. The summed E-state index contributed by atoms with van der Waals surface area (Å²) < 4.78 is 5.32. The molecule has 1 aliphatic carbocycles. The lowest BCUT2D eigenvalue weighted by Crippen LogP contribution is -2.06. The predicted molar refractivity (Wildman–Crippen MR) is 37.6 cm³/mol. The van der Waals surface area contributed by atoms with Gasteiger partial charge in [-0.1, -0.05) is 0 Å². The van der Waals surface area contributed by atoms with Crippen molar-refractivity contribution in [1.29, 1.82) is 0 Å². The van der Waals surface area contributed by atoms with E-state index in [9.17, 15) is 0 Å². The summed E-state index contributed by atoms with van der Waals surface area (Å²) in [6.07, 6.45) is 2.23. The molecule has 1 heterocycles. The van der Waals surface area contributed by atoms with E-state index in [0.717, 1.165) is 37.4 Å². The van der Waals surface area contributed by atoms with E-state index in [1.165, 1.54) is 6.42 Å². The highest BCUT2D eigenvalue weighted by Gasteiger charge is 2.50. The van der Waals surface area contributed by atoms with Gasteiger partial charge >= 0.3 is 0 Å². The van der Waals surface area contributed by atoms with Gasteiger partial charge in [0, 0.05) is 19.8 Å². The molecule has 2 rings (SSSR count). The van der Waals surface area contributed by atoms with Crippen LogP contribution >= 0.6 is 0 Å². The zero-order valence-corrected chi connectivity index (χ0v) is 6.12. The summed E-state index contributed by atoms with van der Waals surface area (Å²) >= 11 is 0. The Morgan fingerprint density at radius 2 is 2.30 bits per heavy atom. The number of hydrogen-bond donors (Lipinski definition) is 1. The zero-order chi connectivity index (χ0) is 6.97. The summed E-state index contributed by atoms with van der Waals surface area (Å²) in [5.74, 6) is 2.51. The molecular weight excluding hydrogens is 128 g/mol. The Kier molecular flexibility index (Phi) is 1.66. The first kappa shape index (κ1) is 6.62. The van der Waals surface area contributed by atoms with E-state index in [4.69, 9.17) is 9.84 Å². The van der Waals surface area contributed by atoms with Gasteiger partial charge in [-0.25, -0.2) is 0 Å². The molecule has 10 heavy (non-hydrogen) atoms. The molecule has 0 radical (unpaired) electrons. The molecule has 0 aromatic heterocycles. The molecule has 58 valence electrons. The Morgan fingerprint density at radius 1 is 1.40 bits per heavy atom. The smallest absolute Gasteiger partial charge is 0.0499 e. The highest BCUT2D eigenvalue weighted by Crippen LogP contribution is 2.52. The Hall–Kier alpha value is -0.0800. The molecule has 2 fully saturated rings. The molecule has 0 amide bonds. The number of rotatable bonds is 2. The molecule has 0 aromatic rings. The second-order valence-corrected chi connectivity index (χ2v) is 3.37. The first-order valence-electron chi connectivity index (χ1n) is 4.12. The molecule has 1 N–H and O–H groups in total. The Labute approximate surface area is 61.2 Å². The van der Waals surface area contributed by atoms with E-state index in [-0.39, 0.29) is 0 Å². The van der Waals surface area contributed by atoms with Crippen LogP contribution in [0, 0.1) is 17.8 Å². The Bertz CT molecular complexity index is 112. The number of hydrogen-bond acceptors (Lipinski definition) is 2. The van der Waals surface area contributed by atoms with Crippen molar-refractivity contribution in [2.75, 3.05) is 19.8 Å². The van der Waals surface area contributed by atoms with Crippen LogP contribution in [-0.4, -0.2) is 24.9 Å². The Morgan fingerprint density at radius 3 is 2.90 bits per heavy atom. The van der Waals surface area contributed by atoms with E-state index in [2.05, 4.69) is 0 Å². The number of aliphatic hydroxyl groups excluding tert-OH is 1. The van der Waals surface area contributed by atoms with Crippen LogP contribution in [-0.2, 0) is 4.74 Å². The van der Waals surface area contributed by atoms with Crippen molar-refractivity contribution in [2.45, 2.75) is 12.8 Å². The third-order valence-corrected chi connectivity index (χ3v) is 2.88. The summed E-state index contributed by atoms with van der Waals surface area (Å²) in [5, 5.41) is 8.68. The zero-order valence-electron chi connectivity index (χ0n) is 6.12. The first-order valence-corrected chi connectivity index (χ1v) is 4.12. The molecule has 0 bridgehead atoms. The fraction of sp³-hybridized carbons (Fsp3) is 1.00. The van der Waals surface area contributed by atoms with Gasteiger partial charge in [-0.3, -0.25) is 0 Å². The molecule has 2 nitrogen and oxygen atoms in total. The normalized spacial score (nSPS) is 44.7. The van der Waals surface area contributed by atoms with Crippen LogP contribution in [0.15, 0.2) is 0 Å². The van der Waals surface area contributed by atoms with Gasteiger partial charge in [0.05, 0.1) is 0 Å². The molecule has 2 heteroatoms. The summed E-state index contributed by atoms with van der Waals surface area (Å²) in [5.41, 5.74) is 0. The lowest BCUT2D eigenvalue weighted by molar-refractivity contribution is 0.0883. The molecule has 1 saturated heterocycles.